The summed E-state index contributed by atoms with van der Waals surface area (Å²) in [5.41, 5.74) is 3.24. The Morgan fingerprint density at radius 2 is 2.12 bits per heavy atom. The van der Waals surface area contributed by atoms with E-state index in [1.165, 1.54) is 0 Å². The van der Waals surface area contributed by atoms with Gasteiger partial charge in [-0.15, -0.1) is 0 Å². The van der Waals surface area contributed by atoms with Crippen molar-refractivity contribution in [1.29, 1.82) is 0 Å². The average Bonchev–Trinajstić information content (AvgIpc) is 1.67. The minimum absolute atomic E-state index is 0.498. The largest absolute Gasteiger partial charge is 0.313 e. The fourth-order valence-corrected chi connectivity index (χ4v) is 0.323. The van der Waals surface area contributed by atoms with Crippen LogP contribution in [-0.4, -0.2) is 17.6 Å². The number of alkyl halides is 2. The van der Waals surface area contributed by atoms with Crippen molar-refractivity contribution in [2.45, 2.75) is 11.8 Å². The number of hydrazone groups is 1. The van der Waals surface area contributed by atoms with Gasteiger partial charge in [0.15, 0.2) is 0 Å². The van der Waals surface area contributed by atoms with Gasteiger partial charge in [0.2, 0.25) is 0 Å². The third-order valence-electron chi connectivity index (χ3n) is 0.604. The van der Waals surface area contributed by atoms with Crippen molar-refractivity contribution in [1.82, 2.24) is 5.43 Å². The SMILES string of the molecule is CN/N=C(/C)C(Cl)Cl. The zero-order chi connectivity index (χ0) is 6.57. The second-order valence-electron chi connectivity index (χ2n) is 1.28. The van der Waals surface area contributed by atoms with Gasteiger partial charge >= 0.3 is 0 Å². The van der Waals surface area contributed by atoms with Gasteiger partial charge in [-0.05, 0) is 6.92 Å². The molecule has 48 valence electrons. The Morgan fingerprint density at radius 1 is 1.62 bits per heavy atom. The van der Waals surface area contributed by atoms with Gasteiger partial charge in [0.25, 0.3) is 0 Å². The van der Waals surface area contributed by atoms with E-state index >= 15 is 0 Å². The van der Waals surface area contributed by atoms with Crippen LogP contribution in [0.25, 0.3) is 0 Å². The molecule has 0 amide bonds. The van der Waals surface area contributed by atoms with Crippen LogP contribution in [0.15, 0.2) is 5.10 Å². The van der Waals surface area contributed by atoms with Crippen LogP contribution in [0.2, 0.25) is 0 Å². The molecule has 0 radical (unpaired) electrons. The fourth-order valence-electron chi connectivity index (χ4n) is 0.225. The number of hydrogen-bond donors (Lipinski definition) is 1. The standard InChI is InChI=1S/C4H8Cl2N2/c1-3(4(5)6)8-7-2/h4,7H,1-2H3/b8-3-. The summed E-state index contributed by atoms with van der Waals surface area (Å²) >= 11 is 10.8. The van der Waals surface area contributed by atoms with Gasteiger partial charge in [0.1, 0.15) is 4.84 Å². The van der Waals surface area contributed by atoms with Gasteiger partial charge in [0, 0.05) is 7.05 Å². The van der Waals surface area contributed by atoms with E-state index in [1.807, 2.05) is 0 Å². The van der Waals surface area contributed by atoms with Crippen molar-refractivity contribution in [3.05, 3.63) is 0 Å². The third-order valence-corrected chi connectivity index (χ3v) is 1.24. The lowest BCUT2D eigenvalue weighted by atomic mass is 10.5. The molecule has 0 unspecified atom stereocenters. The van der Waals surface area contributed by atoms with Crippen molar-refractivity contribution >= 4 is 28.9 Å². The number of halogens is 2. The van der Waals surface area contributed by atoms with Crippen LogP contribution in [0.3, 0.4) is 0 Å². The summed E-state index contributed by atoms with van der Waals surface area (Å²) in [5.74, 6) is 0. The Bertz CT molecular complexity index is 90.0. The highest BCUT2D eigenvalue weighted by Gasteiger charge is 2.00. The van der Waals surface area contributed by atoms with Gasteiger partial charge in [0.05, 0.1) is 5.71 Å². The summed E-state index contributed by atoms with van der Waals surface area (Å²) < 4.78 is 0. The molecule has 0 saturated heterocycles. The zero-order valence-electron chi connectivity index (χ0n) is 4.78. The second-order valence-corrected chi connectivity index (χ2v) is 2.37. The lowest BCUT2D eigenvalue weighted by molar-refractivity contribution is 0.896. The maximum Gasteiger partial charge on any atom is 0.147 e. The topological polar surface area (TPSA) is 24.4 Å². The molecule has 0 atom stereocenters. The fraction of sp³-hybridized carbons (Fsp3) is 0.750. The molecule has 0 rings (SSSR count). The molecule has 8 heavy (non-hydrogen) atoms. The highest BCUT2D eigenvalue weighted by molar-refractivity contribution is 6.54. The first-order valence-corrected chi connectivity index (χ1v) is 3.05. The Labute approximate surface area is 58.9 Å². The zero-order valence-corrected chi connectivity index (χ0v) is 6.29. The van der Waals surface area contributed by atoms with Gasteiger partial charge in [-0.2, -0.15) is 5.10 Å². The second kappa shape index (κ2) is 3.98. The summed E-state index contributed by atoms with van der Waals surface area (Å²) in [6.07, 6.45) is 0. The summed E-state index contributed by atoms with van der Waals surface area (Å²) in [4.78, 5) is -0.498. The molecular formula is C4H8Cl2N2. The molecule has 0 fully saturated rings. The Balaban J connectivity index is 3.61. The number of nitrogens with one attached hydrogen (secondary N) is 1. The summed E-state index contributed by atoms with van der Waals surface area (Å²) in [6, 6.07) is 0. The lowest BCUT2D eigenvalue weighted by Crippen LogP contribution is -2.07. The molecule has 0 heterocycles. The Morgan fingerprint density at radius 3 is 2.25 bits per heavy atom. The minimum atomic E-state index is -0.498. The van der Waals surface area contributed by atoms with Crippen molar-refractivity contribution in [2.24, 2.45) is 5.10 Å². The smallest absolute Gasteiger partial charge is 0.147 e. The normalized spacial score (nSPS) is 12.4. The molecule has 4 heteroatoms. The molecule has 0 aliphatic carbocycles. The molecular weight excluding hydrogens is 147 g/mol. The average molecular weight is 155 g/mol. The van der Waals surface area contributed by atoms with Gasteiger partial charge in [-0.1, -0.05) is 23.2 Å². The van der Waals surface area contributed by atoms with Crippen LogP contribution < -0.4 is 5.43 Å². The molecule has 1 N–H and O–H groups in total. The maximum absolute atomic E-state index is 5.40. The van der Waals surface area contributed by atoms with E-state index in [-0.39, 0.29) is 0 Å². The van der Waals surface area contributed by atoms with Gasteiger partial charge in [-0.25, -0.2) is 0 Å². The van der Waals surface area contributed by atoms with Gasteiger partial charge < -0.3 is 5.43 Å². The van der Waals surface area contributed by atoms with E-state index in [9.17, 15) is 0 Å². The molecule has 0 aliphatic heterocycles. The van der Waals surface area contributed by atoms with Crippen LogP contribution in [0.5, 0.6) is 0 Å². The number of nitrogens with zero attached hydrogens (tertiary/aromatic N) is 1. The number of hydrogen-bond acceptors (Lipinski definition) is 2. The predicted molar refractivity (Wildman–Crippen MR) is 37.7 cm³/mol. The third kappa shape index (κ3) is 3.10. The molecule has 0 aromatic rings. The van der Waals surface area contributed by atoms with Gasteiger partial charge in [-0.3, -0.25) is 0 Å². The first-order chi connectivity index (χ1) is 3.68. The molecule has 0 saturated carbocycles. The van der Waals surface area contributed by atoms with E-state index < -0.39 is 4.84 Å². The van der Waals surface area contributed by atoms with E-state index in [0.717, 1.165) is 0 Å². The summed E-state index contributed by atoms with van der Waals surface area (Å²) in [6.45, 7) is 1.75. The molecule has 2 nitrogen and oxygen atoms in total. The summed E-state index contributed by atoms with van der Waals surface area (Å²) in [7, 11) is 1.69. The monoisotopic (exact) mass is 154 g/mol. The molecule has 0 bridgehead atoms. The van der Waals surface area contributed by atoms with E-state index in [4.69, 9.17) is 23.2 Å². The quantitative estimate of drug-likeness (QED) is 0.363. The molecule has 0 aliphatic rings. The van der Waals surface area contributed by atoms with E-state index in [1.54, 1.807) is 14.0 Å². The van der Waals surface area contributed by atoms with Crippen LogP contribution in [-0.2, 0) is 0 Å². The highest BCUT2D eigenvalue weighted by Crippen LogP contribution is 2.02. The maximum atomic E-state index is 5.40. The lowest BCUT2D eigenvalue weighted by Gasteiger charge is -1.96. The van der Waals surface area contributed by atoms with E-state index in [2.05, 4.69) is 10.5 Å². The molecule has 0 spiro atoms. The minimum Gasteiger partial charge on any atom is -0.313 e. The predicted octanol–water partition coefficient (Wildman–Crippen LogP) is 1.39. The van der Waals surface area contributed by atoms with Crippen LogP contribution in [0.1, 0.15) is 6.92 Å². The summed E-state index contributed by atoms with van der Waals surface area (Å²) in [5, 5.41) is 3.73. The van der Waals surface area contributed by atoms with Crippen molar-refractivity contribution in [2.75, 3.05) is 7.05 Å². The first-order valence-electron chi connectivity index (χ1n) is 2.17. The highest BCUT2D eigenvalue weighted by atomic mass is 35.5. The van der Waals surface area contributed by atoms with Crippen molar-refractivity contribution in [3.63, 3.8) is 0 Å². The molecule has 0 aromatic heterocycles. The van der Waals surface area contributed by atoms with Crippen molar-refractivity contribution < 1.29 is 0 Å². The van der Waals surface area contributed by atoms with E-state index in [0.29, 0.717) is 5.71 Å². The first kappa shape index (κ1) is 8.05. The Kier molecular flexibility index (Phi) is 4.01. The molecule has 0 aromatic carbocycles. The van der Waals surface area contributed by atoms with Crippen LogP contribution >= 0.6 is 23.2 Å². The number of rotatable bonds is 2. The van der Waals surface area contributed by atoms with Crippen LogP contribution in [0.4, 0.5) is 0 Å². The van der Waals surface area contributed by atoms with Crippen molar-refractivity contribution in [3.8, 4) is 0 Å². The Hall–Kier alpha value is 0.0500. The van der Waals surface area contributed by atoms with Crippen LogP contribution in [0, 0.1) is 0 Å².